The molecule has 0 unspecified atom stereocenters. The second kappa shape index (κ2) is 7.93. The van der Waals surface area contributed by atoms with Crippen LogP contribution in [-0.2, 0) is 13.0 Å². The average molecular weight is 336 g/mol. The van der Waals surface area contributed by atoms with Crippen molar-refractivity contribution in [3.63, 3.8) is 0 Å². The molecule has 1 aromatic carbocycles. The summed E-state index contributed by atoms with van der Waals surface area (Å²) >= 11 is 1.70. The molecule has 0 aliphatic carbocycles. The first-order chi connectivity index (χ1) is 11.8. The minimum Gasteiger partial charge on any atom is -0.298 e. The summed E-state index contributed by atoms with van der Waals surface area (Å²) in [5.41, 5.74) is 3.39. The Morgan fingerprint density at radius 3 is 2.83 bits per heavy atom. The molecule has 3 aromatic rings. The molecule has 0 amide bonds. The lowest BCUT2D eigenvalue weighted by Gasteiger charge is -2.08. The van der Waals surface area contributed by atoms with Crippen molar-refractivity contribution in [1.82, 2.24) is 19.7 Å². The highest BCUT2D eigenvalue weighted by atomic mass is 32.2. The first-order valence-electron chi connectivity index (χ1n) is 7.92. The van der Waals surface area contributed by atoms with Gasteiger partial charge in [0.2, 0.25) is 0 Å². The highest BCUT2D eigenvalue weighted by molar-refractivity contribution is 7.99. The third-order valence-corrected chi connectivity index (χ3v) is 4.59. The van der Waals surface area contributed by atoms with Crippen LogP contribution >= 0.6 is 11.8 Å². The van der Waals surface area contributed by atoms with E-state index in [-0.39, 0.29) is 0 Å². The van der Waals surface area contributed by atoms with E-state index in [9.17, 15) is 0 Å². The van der Waals surface area contributed by atoms with Crippen LogP contribution in [-0.4, -0.2) is 25.5 Å². The molecule has 2 heterocycles. The van der Waals surface area contributed by atoms with Crippen molar-refractivity contribution in [2.75, 3.05) is 5.75 Å². The topological polar surface area (TPSA) is 43.6 Å². The minimum absolute atomic E-state index is 0.697. The van der Waals surface area contributed by atoms with Gasteiger partial charge in [-0.15, -0.1) is 16.8 Å². The third kappa shape index (κ3) is 3.92. The highest BCUT2D eigenvalue weighted by Crippen LogP contribution is 2.25. The summed E-state index contributed by atoms with van der Waals surface area (Å²) < 4.78 is 2.12. The first-order valence-corrected chi connectivity index (χ1v) is 8.90. The predicted molar refractivity (Wildman–Crippen MR) is 99.1 cm³/mol. The zero-order valence-corrected chi connectivity index (χ0v) is 14.5. The molecule has 0 spiro atoms. The molecule has 0 fully saturated rings. The molecular formula is C19H20N4S. The normalized spacial score (nSPS) is 10.7. The van der Waals surface area contributed by atoms with E-state index >= 15 is 0 Å². The van der Waals surface area contributed by atoms with E-state index in [4.69, 9.17) is 0 Å². The van der Waals surface area contributed by atoms with Crippen molar-refractivity contribution in [1.29, 1.82) is 0 Å². The van der Waals surface area contributed by atoms with Crippen molar-refractivity contribution >= 4 is 11.8 Å². The summed E-state index contributed by atoms with van der Waals surface area (Å²) in [7, 11) is 0. The van der Waals surface area contributed by atoms with Crippen molar-refractivity contribution in [2.45, 2.75) is 25.0 Å². The van der Waals surface area contributed by atoms with Gasteiger partial charge in [-0.25, -0.2) is 0 Å². The number of allylic oxidation sites excluding steroid dienone is 1. The Balaban J connectivity index is 1.77. The molecule has 0 atom stereocenters. The maximum absolute atomic E-state index is 4.40. The van der Waals surface area contributed by atoms with Crippen LogP contribution in [0.1, 0.15) is 11.3 Å². The Kier molecular flexibility index (Phi) is 5.43. The highest BCUT2D eigenvalue weighted by Gasteiger charge is 2.13. The van der Waals surface area contributed by atoms with Crippen LogP contribution in [0, 0.1) is 6.92 Å². The van der Waals surface area contributed by atoms with Gasteiger partial charge in [0, 0.05) is 29.8 Å². The lowest BCUT2D eigenvalue weighted by Crippen LogP contribution is -2.01. The molecule has 3 rings (SSSR count). The van der Waals surface area contributed by atoms with E-state index in [1.54, 1.807) is 11.8 Å². The fourth-order valence-corrected chi connectivity index (χ4v) is 3.39. The molecule has 5 heteroatoms. The molecule has 24 heavy (non-hydrogen) atoms. The molecule has 122 valence electrons. The van der Waals surface area contributed by atoms with Crippen LogP contribution in [0.2, 0.25) is 0 Å². The standard InChI is InChI=1S/C19H20N4S/c1-3-12-23-18(16-8-6-7-15(2)14-16)21-22-19(23)24-13-10-17-9-4-5-11-20-17/h3-9,11,14H,1,10,12-13H2,2H3. The Labute approximate surface area is 146 Å². The van der Waals surface area contributed by atoms with Crippen molar-refractivity contribution < 1.29 is 0 Å². The smallest absolute Gasteiger partial charge is 0.191 e. The third-order valence-electron chi connectivity index (χ3n) is 3.62. The summed E-state index contributed by atoms with van der Waals surface area (Å²) in [5, 5.41) is 9.70. The molecule has 4 nitrogen and oxygen atoms in total. The Morgan fingerprint density at radius 2 is 2.08 bits per heavy atom. The number of thioether (sulfide) groups is 1. The van der Waals surface area contributed by atoms with Gasteiger partial charge in [-0.05, 0) is 31.5 Å². The SMILES string of the molecule is C=CCn1c(SCCc2ccccn2)nnc1-c1cccc(C)c1. The molecule has 0 radical (unpaired) electrons. The molecule has 0 bridgehead atoms. The largest absolute Gasteiger partial charge is 0.298 e. The van der Waals surface area contributed by atoms with Gasteiger partial charge in [0.25, 0.3) is 0 Å². The number of rotatable bonds is 7. The quantitative estimate of drug-likeness (QED) is 0.480. The van der Waals surface area contributed by atoms with Crippen LogP contribution in [0.5, 0.6) is 0 Å². The van der Waals surface area contributed by atoms with Gasteiger partial charge in [0.05, 0.1) is 0 Å². The number of benzene rings is 1. The fourth-order valence-electron chi connectivity index (χ4n) is 2.48. The van der Waals surface area contributed by atoms with E-state index in [2.05, 4.69) is 51.5 Å². The zero-order chi connectivity index (χ0) is 16.8. The molecule has 2 aromatic heterocycles. The molecule has 0 aliphatic heterocycles. The fraction of sp³-hybridized carbons (Fsp3) is 0.211. The predicted octanol–water partition coefficient (Wildman–Crippen LogP) is 4.17. The van der Waals surface area contributed by atoms with Crippen LogP contribution < -0.4 is 0 Å². The number of hydrogen-bond acceptors (Lipinski definition) is 4. The van der Waals surface area contributed by atoms with Crippen molar-refractivity contribution in [3.8, 4) is 11.4 Å². The molecular weight excluding hydrogens is 316 g/mol. The molecule has 0 saturated heterocycles. The number of nitrogens with zero attached hydrogens (tertiary/aromatic N) is 4. The summed E-state index contributed by atoms with van der Waals surface area (Å²) in [6, 6.07) is 14.3. The first kappa shape index (κ1) is 16.5. The Morgan fingerprint density at radius 1 is 1.17 bits per heavy atom. The van der Waals surface area contributed by atoms with Crippen LogP contribution in [0.4, 0.5) is 0 Å². The number of aryl methyl sites for hydroxylation is 2. The van der Waals surface area contributed by atoms with Gasteiger partial charge < -0.3 is 0 Å². The van der Waals surface area contributed by atoms with E-state index in [0.717, 1.165) is 34.4 Å². The second-order valence-corrected chi connectivity index (χ2v) is 6.56. The monoisotopic (exact) mass is 336 g/mol. The number of pyridine rings is 1. The average Bonchev–Trinajstić information content (AvgIpc) is 2.99. The lowest BCUT2D eigenvalue weighted by molar-refractivity contribution is 0.731. The van der Waals surface area contributed by atoms with Gasteiger partial charge in [-0.2, -0.15) is 0 Å². The zero-order valence-electron chi connectivity index (χ0n) is 13.7. The van der Waals surface area contributed by atoms with E-state index < -0.39 is 0 Å². The number of aromatic nitrogens is 4. The van der Waals surface area contributed by atoms with Crippen molar-refractivity contribution in [3.05, 3.63) is 72.6 Å². The molecule has 0 aliphatic rings. The van der Waals surface area contributed by atoms with Gasteiger partial charge in [0.1, 0.15) is 0 Å². The summed E-state index contributed by atoms with van der Waals surface area (Å²) in [5.74, 6) is 1.80. The maximum atomic E-state index is 4.40. The summed E-state index contributed by atoms with van der Waals surface area (Å²) in [4.78, 5) is 4.36. The lowest BCUT2D eigenvalue weighted by atomic mass is 10.1. The van der Waals surface area contributed by atoms with Crippen LogP contribution in [0.15, 0.2) is 66.5 Å². The van der Waals surface area contributed by atoms with E-state index in [1.165, 1.54) is 5.56 Å². The number of hydrogen-bond donors (Lipinski definition) is 0. The van der Waals surface area contributed by atoms with Crippen LogP contribution in [0.25, 0.3) is 11.4 Å². The van der Waals surface area contributed by atoms with Gasteiger partial charge in [-0.1, -0.05) is 47.7 Å². The maximum Gasteiger partial charge on any atom is 0.191 e. The van der Waals surface area contributed by atoms with Crippen LogP contribution in [0.3, 0.4) is 0 Å². The molecule has 0 N–H and O–H groups in total. The van der Waals surface area contributed by atoms with Gasteiger partial charge in [-0.3, -0.25) is 9.55 Å². The Bertz CT molecular complexity index is 811. The minimum atomic E-state index is 0.697. The second-order valence-electron chi connectivity index (χ2n) is 5.49. The van der Waals surface area contributed by atoms with Gasteiger partial charge >= 0.3 is 0 Å². The van der Waals surface area contributed by atoms with E-state index in [1.807, 2.05) is 36.5 Å². The summed E-state index contributed by atoms with van der Waals surface area (Å²) in [6.07, 6.45) is 4.62. The molecule has 0 saturated carbocycles. The van der Waals surface area contributed by atoms with Gasteiger partial charge in [0.15, 0.2) is 11.0 Å². The summed E-state index contributed by atoms with van der Waals surface area (Å²) in [6.45, 7) is 6.64. The van der Waals surface area contributed by atoms with Crippen molar-refractivity contribution in [2.24, 2.45) is 0 Å². The van der Waals surface area contributed by atoms with E-state index in [0.29, 0.717) is 6.54 Å². The Hall–Kier alpha value is -2.40.